The molecule has 5 heteroatoms. The second-order valence-corrected chi connectivity index (χ2v) is 4.67. The summed E-state index contributed by atoms with van der Waals surface area (Å²) in [5.74, 6) is -0.556. The lowest BCUT2D eigenvalue weighted by atomic mass is 10.3. The first kappa shape index (κ1) is 12.1. The van der Waals surface area contributed by atoms with Crippen molar-refractivity contribution in [1.29, 1.82) is 0 Å². The Balaban J connectivity index is 4.40. The monoisotopic (exact) mass is 229 g/mol. The lowest BCUT2D eigenvalue weighted by Crippen LogP contribution is -2.41. The van der Waals surface area contributed by atoms with Crippen molar-refractivity contribution in [2.45, 2.75) is 16.8 Å². The van der Waals surface area contributed by atoms with Crippen molar-refractivity contribution in [2.24, 2.45) is 0 Å². The van der Waals surface area contributed by atoms with Gasteiger partial charge in [0.25, 0.3) is 9.70 Å². The summed E-state index contributed by atoms with van der Waals surface area (Å²) in [4.78, 5) is 12.6. The normalized spacial score (nSPS) is 13.8. The number of carbonyl (C=O) groups excluding carboxylic acids is 1. The van der Waals surface area contributed by atoms with Crippen LogP contribution in [0.25, 0.3) is 0 Å². The Labute approximate surface area is 87.1 Å². The third-order valence-corrected chi connectivity index (χ3v) is 2.00. The maximum atomic E-state index is 11.2. The highest BCUT2D eigenvalue weighted by molar-refractivity contribution is 6.76. The minimum Gasteiger partial charge on any atom is -0.336 e. The maximum absolute atomic E-state index is 11.2. The van der Waals surface area contributed by atoms with E-state index in [1.54, 1.807) is 20.0 Å². The lowest BCUT2D eigenvalue weighted by molar-refractivity contribution is -0.129. The average molecular weight is 231 g/mol. The first-order valence-corrected chi connectivity index (χ1v) is 4.40. The van der Waals surface area contributed by atoms with Gasteiger partial charge in [-0.15, -0.1) is 6.58 Å². The molecule has 0 saturated heterocycles. The van der Waals surface area contributed by atoms with Gasteiger partial charge >= 0.3 is 0 Å². The average Bonchev–Trinajstić information content (AvgIpc) is 1.98. The number of rotatable bonds is 2. The van der Waals surface area contributed by atoms with Gasteiger partial charge in [-0.3, -0.25) is 4.79 Å². The van der Waals surface area contributed by atoms with Crippen LogP contribution in [0.3, 0.4) is 0 Å². The minimum absolute atomic E-state index is 0.145. The summed E-state index contributed by atoms with van der Waals surface area (Å²) in [6.45, 7) is 5.30. The Morgan fingerprint density at radius 3 is 2.25 bits per heavy atom. The quantitative estimate of drug-likeness (QED) is 0.527. The molecule has 0 N–H and O–H groups in total. The maximum Gasteiger partial charge on any atom is 0.274 e. The van der Waals surface area contributed by atoms with E-state index in [0.29, 0.717) is 0 Å². The largest absolute Gasteiger partial charge is 0.336 e. The highest BCUT2D eigenvalue weighted by Gasteiger charge is 2.34. The summed E-state index contributed by atoms with van der Waals surface area (Å²) in [6.07, 6.45) is 1.59. The van der Waals surface area contributed by atoms with E-state index < -0.39 is 9.70 Å². The van der Waals surface area contributed by atoms with Crippen molar-refractivity contribution in [2.75, 3.05) is 7.05 Å². The molecule has 0 aromatic rings. The van der Waals surface area contributed by atoms with E-state index in [1.807, 2.05) is 0 Å². The summed E-state index contributed by atoms with van der Waals surface area (Å²) in [7, 11) is 1.55. The summed E-state index contributed by atoms with van der Waals surface area (Å²) in [6, 6.07) is -0.145. The number of carbonyl (C=O) groups is 1. The molecule has 0 aliphatic carbocycles. The minimum atomic E-state index is -1.88. The molecule has 0 aliphatic rings. The van der Waals surface area contributed by atoms with Crippen LogP contribution < -0.4 is 0 Å². The molecular formula is C7H10Cl3NO. The topological polar surface area (TPSA) is 20.3 Å². The van der Waals surface area contributed by atoms with Crippen molar-refractivity contribution in [3.8, 4) is 0 Å². The predicted molar refractivity (Wildman–Crippen MR) is 52.7 cm³/mol. The van der Waals surface area contributed by atoms with Crippen molar-refractivity contribution in [3.05, 3.63) is 12.7 Å². The highest BCUT2D eigenvalue weighted by Crippen LogP contribution is 2.28. The predicted octanol–water partition coefficient (Wildman–Crippen LogP) is 2.39. The molecular weight excluding hydrogens is 220 g/mol. The molecule has 1 unspecified atom stereocenters. The molecule has 0 rings (SSSR count). The molecule has 0 aromatic carbocycles. The first-order chi connectivity index (χ1) is 5.30. The molecule has 0 spiro atoms. The Morgan fingerprint density at radius 2 is 2.00 bits per heavy atom. The Hall–Kier alpha value is 0.0800. The van der Waals surface area contributed by atoms with E-state index in [0.717, 1.165) is 0 Å². The molecule has 0 saturated carbocycles. The van der Waals surface area contributed by atoms with Crippen LogP contribution in [0.15, 0.2) is 12.7 Å². The van der Waals surface area contributed by atoms with Crippen LogP contribution in [-0.2, 0) is 4.79 Å². The van der Waals surface area contributed by atoms with E-state index in [9.17, 15) is 4.79 Å². The highest BCUT2D eigenvalue weighted by atomic mass is 35.6. The van der Waals surface area contributed by atoms with E-state index in [4.69, 9.17) is 34.8 Å². The summed E-state index contributed by atoms with van der Waals surface area (Å²) in [5.41, 5.74) is 0. The van der Waals surface area contributed by atoms with Crippen LogP contribution in [0.1, 0.15) is 6.92 Å². The van der Waals surface area contributed by atoms with Gasteiger partial charge in [-0.2, -0.15) is 0 Å². The van der Waals surface area contributed by atoms with Crippen molar-refractivity contribution < 1.29 is 4.79 Å². The van der Waals surface area contributed by atoms with Crippen LogP contribution in [0.2, 0.25) is 0 Å². The van der Waals surface area contributed by atoms with Gasteiger partial charge < -0.3 is 4.90 Å². The molecule has 1 amide bonds. The summed E-state index contributed by atoms with van der Waals surface area (Å²) < 4.78 is -1.88. The van der Waals surface area contributed by atoms with Crippen LogP contribution in [0.4, 0.5) is 0 Å². The van der Waals surface area contributed by atoms with Gasteiger partial charge in [0.05, 0.1) is 0 Å². The van der Waals surface area contributed by atoms with Gasteiger partial charge in [-0.25, -0.2) is 0 Å². The van der Waals surface area contributed by atoms with Gasteiger partial charge in [-0.1, -0.05) is 40.9 Å². The second-order valence-electron chi connectivity index (χ2n) is 2.39. The molecule has 0 fully saturated rings. The fourth-order valence-corrected chi connectivity index (χ4v) is 0.943. The molecule has 70 valence electrons. The molecule has 2 nitrogen and oxygen atoms in total. The number of hydrogen-bond acceptors (Lipinski definition) is 1. The Bertz CT molecular complexity index is 188. The Kier molecular flexibility index (Phi) is 4.38. The van der Waals surface area contributed by atoms with Crippen LogP contribution in [-0.4, -0.2) is 27.7 Å². The summed E-state index contributed by atoms with van der Waals surface area (Å²) in [5, 5.41) is 0. The van der Waals surface area contributed by atoms with Gasteiger partial charge in [0, 0.05) is 13.1 Å². The molecule has 0 aliphatic heterocycles. The van der Waals surface area contributed by atoms with Gasteiger partial charge in [0.2, 0.25) is 0 Å². The SMILES string of the molecule is C=CC(C)N(C)C(=O)C(Cl)(Cl)Cl. The molecule has 12 heavy (non-hydrogen) atoms. The fourth-order valence-electron chi connectivity index (χ4n) is 0.543. The zero-order valence-electron chi connectivity index (χ0n) is 6.85. The van der Waals surface area contributed by atoms with E-state index in [2.05, 4.69) is 6.58 Å². The zero-order chi connectivity index (χ0) is 9.94. The third-order valence-electron chi connectivity index (χ3n) is 1.51. The molecule has 0 bridgehead atoms. The van der Waals surface area contributed by atoms with Crippen LogP contribution in [0.5, 0.6) is 0 Å². The third kappa shape index (κ3) is 3.21. The zero-order valence-corrected chi connectivity index (χ0v) is 9.12. The van der Waals surface area contributed by atoms with Gasteiger partial charge in [0.1, 0.15) is 0 Å². The molecule has 0 heterocycles. The number of nitrogens with zero attached hydrogens (tertiary/aromatic N) is 1. The van der Waals surface area contributed by atoms with Crippen LogP contribution >= 0.6 is 34.8 Å². The number of alkyl halides is 3. The van der Waals surface area contributed by atoms with Crippen molar-refractivity contribution >= 4 is 40.7 Å². The smallest absolute Gasteiger partial charge is 0.274 e. The van der Waals surface area contributed by atoms with E-state index in [1.165, 1.54) is 4.90 Å². The second kappa shape index (κ2) is 4.35. The Morgan fingerprint density at radius 1 is 1.58 bits per heavy atom. The van der Waals surface area contributed by atoms with E-state index >= 15 is 0 Å². The van der Waals surface area contributed by atoms with Crippen LogP contribution in [0, 0.1) is 0 Å². The summed E-state index contributed by atoms with van der Waals surface area (Å²) >= 11 is 16.2. The number of halogens is 3. The molecule has 0 aromatic heterocycles. The molecule has 1 atom stereocenters. The number of likely N-dealkylation sites (N-methyl/N-ethyl adjacent to an activating group) is 1. The van der Waals surface area contributed by atoms with E-state index in [-0.39, 0.29) is 6.04 Å². The fraction of sp³-hybridized carbons (Fsp3) is 0.571. The number of amides is 1. The molecule has 0 radical (unpaired) electrons. The van der Waals surface area contributed by atoms with Crippen molar-refractivity contribution in [1.82, 2.24) is 4.90 Å². The van der Waals surface area contributed by atoms with Crippen molar-refractivity contribution in [3.63, 3.8) is 0 Å². The van der Waals surface area contributed by atoms with Gasteiger partial charge in [-0.05, 0) is 6.92 Å². The lowest BCUT2D eigenvalue weighted by Gasteiger charge is -2.25. The number of hydrogen-bond donors (Lipinski definition) is 0. The van der Waals surface area contributed by atoms with Gasteiger partial charge in [0.15, 0.2) is 0 Å². The standard InChI is InChI=1S/C7H10Cl3NO/c1-4-5(2)11(3)6(12)7(8,9)10/h4-5H,1H2,2-3H3. The first-order valence-electron chi connectivity index (χ1n) is 3.27.